The van der Waals surface area contributed by atoms with Crippen LogP contribution in [0, 0.1) is 12.8 Å². The lowest BCUT2D eigenvalue weighted by molar-refractivity contribution is 0.129. The standard InChI is InChI=1S/C14H17ClN4O2.C2H6.FH/c1-8-6-19(3-4-21-7-8)13-10-5-16-12(15)9(2)11(10)17-14(20)18-13;1-2;/h5,8H,3-4,6-7H2,1-2H3,(H,17,18,20);1-2H3;1H. The van der Waals surface area contributed by atoms with Crippen LogP contribution in [0.4, 0.5) is 10.5 Å². The second-order valence-electron chi connectivity index (χ2n) is 5.45. The molecular weight excluding hydrogens is 335 g/mol. The molecule has 1 saturated heterocycles. The Hall–Kier alpha value is -1.73. The van der Waals surface area contributed by atoms with E-state index in [0.29, 0.717) is 35.6 Å². The normalized spacial score (nSPS) is 17.5. The van der Waals surface area contributed by atoms with Crippen LogP contribution in [0.1, 0.15) is 26.3 Å². The summed E-state index contributed by atoms with van der Waals surface area (Å²) in [6, 6.07) is 0. The molecule has 2 aromatic rings. The van der Waals surface area contributed by atoms with Gasteiger partial charge in [0, 0.05) is 24.8 Å². The zero-order valence-corrected chi connectivity index (χ0v) is 15.2. The van der Waals surface area contributed by atoms with Crippen molar-refractivity contribution in [2.24, 2.45) is 5.92 Å². The van der Waals surface area contributed by atoms with E-state index in [1.165, 1.54) is 0 Å². The summed E-state index contributed by atoms with van der Waals surface area (Å²) < 4.78 is 5.55. The van der Waals surface area contributed by atoms with Crippen LogP contribution in [0.5, 0.6) is 0 Å². The Morgan fingerprint density at radius 3 is 2.83 bits per heavy atom. The van der Waals surface area contributed by atoms with Gasteiger partial charge in [-0.2, -0.15) is 4.98 Å². The zero-order valence-electron chi connectivity index (χ0n) is 14.4. The number of hydrogen-bond acceptors (Lipinski definition) is 5. The fourth-order valence-electron chi connectivity index (χ4n) is 2.62. The minimum absolute atomic E-state index is 0. The van der Waals surface area contributed by atoms with Gasteiger partial charge < -0.3 is 14.6 Å². The number of fused-ring (bicyclic) bond motifs is 1. The number of anilines is 1. The molecule has 1 fully saturated rings. The van der Waals surface area contributed by atoms with Crippen LogP contribution >= 0.6 is 11.6 Å². The second-order valence-corrected chi connectivity index (χ2v) is 5.81. The first-order valence-electron chi connectivity index (χ1n) is 7.94. The van der Waals surface area contributed by atoms with E-state index in [1.54, 1.807) is 6.20 Å². The van der Waals surface area contributed by atoms with Crippen molar-refractivity contribution < 1.29 is 9.44 Å². The number of ether oxygens (including phenoxy) is 1. The van der Waals surface area contributed by atoms with E-state index in [9.17, 15) is 4.79 Å². The van der Waals surface area contributed by atoms with Crippen LogP contribution in [0.15, 0.2) is 11.0 Å². The first-order chi connectivity index (χ1) is 11.1. The summed E-state index contributed by atoms with van der Waals surface area (Å²) in [5.41, 5.74) is 1.08. The quantitative estimate of drug-likeness (QED) is 0.793. The number of halogens is 2. The number of aromatic amines is 1. The molecule has 3 heterocycles. The molecule has 0 bridgehead atoms. The SMILES string of the molecule is CC.Cc1c(Cl)ncc2c(N3CCOCC(C)C3)nc(=O)[nH]c12.F. The van der Waals surface area contributed by atoms with Gasteiger partial charge in [-0.15, -0.1) is 0 Å². The molecule has 1 unspecified atom stereocenters. The summed E-state index contributed by atoms with van der Waals surface area (Å²) in [5, 5.41) is 1.20. The van der Waals surface area contributed by atoms with E-state index in [-0.39, 0.29) is 10.4 Å². The Morgan fingerprint density at radius 1 is 1.42 bits per heavy atom. The molecule has 0 radical (unpaired) electrons. The zero-order chi connectivity index (χ0) is 17.0. The number of nitrogens with one attached hydrogen (secondary N) is 1. The molecule has 3 rings (SSSR count). The number of H-pyrrole nitrogens is 1. The van der Waals surface area contributed by atoms with E-state index in [4.69, 9.17) is 16.3 Å². The summed E-state index contributed by atoms with van der Waals surface area (Å²) in [7, 11) is 0. The maximum Gasteiger partial charge on any atom is 0.347 e. The first-order valence-corrected chi connectivity index (χ1v) is 8.32. The molecule has 1 aliphatic rings. The molecule has 0 aliphatic carbocycles. The van der Waals surface area contributed by atoms with E-state index in [0.717, 1.165) is 24.1 Å². The highest BCUT2D eigenvalue weighted by Crippen LogP contribution is 2.27. The van der Waals surface area contributed by atoms with Crippen molar-refractivity contribution in [2.45, 2.75) is 27.7 Å². The van der Waals surface area contributed by atoms with Crippen molar-refractivity contribution in [3.8, 4) is 0 Å². The van der Waals surface area contributed by atoms with Crippen molar-refractivity contribution in [1.82, 2.24) is 15.0 Å². The fourth-order valence-corrected chi connectivity index (χ4v) is 2.77. The van der Waals surface area contributed by atoms with Crippen LogP contribution in [0.2, 0.25) is 5.15 Å². The third kappa shape index (κ3) is 4.21. The summed E-state index contributed by atoms with van der Waals surface area (Å²) in [6.07, 6.45) is 1.67. The van der Waals surface area contributed by atoms with Crippen molar-refractivity contribution in [3.05, 3.63) is 27.4 Å². The van der Waals surface area contributed by atoms with E-state index >= 15 is 0 Å². The van der Waals surface area contributed by atoms with Gasteiger partial charge in [-0.05, 0) is 12.8 Å². The number of hydrogen-bond donors (Lipinski definition) is 1. The number of rotatable bonds is 1. The third-order valence-corrected chi connectivity index (χ3v) is 4.06. The van der Waals surface area contributed by atoms with Crippen LogP contribution in [0.3, 0.4) is 0 Å². The third-order valence-electron chi connectivity index (χ3n) is 3.68. The fraction of sp³-hybridized carbons (Fsp3) is 0.562. The van der Waals surface area contributed by atoms with Gasteiger partial charge in [0.1, 0.15) is 11.0 Å². The van der Waals surface area contributed by atoms with Crippen LogP contribution < -0.4 is 10.6 Å². The maximum absolute atomic E-state index is 11.9. The molecule has 1 N–H and O–H groups in total. The Labute approximate surface area is 145 Å². The van der Waals surface area contributed by atoms with E-state index in [1.807, 2.05) is 20.8 Å². The monoisotopic (exact) mass is 358 g/mol. The number of aryl methyl sites for hydroxylation is 1. The number of nitrogens with zero attached hydrogens (tertiary/aromatic N) is 3. The molecule has 24 heavy (non-hydrogen) atoms. The largest absolute Gasteiger partial charge is 0.379 e. The average Bonchev–Trinajstić information content (AvgIpc) is 2.77. The van der Waals surface area contributed by atoms with Crippen molar-refractivity contribution in [1.29, 1.82) is 0 Å². The molecule has 8 heteroatoms. The molecule has 0 saturated carbocycles. The minimum atomic E-state index is -0.374. The highest BCUT2D eigenvalue weighted by Gasteiger charge is 2.20. The Morgan fingerprint density at radius 2 is 2.12 bits per heavy atom. The molecule has 2 aromatic heterocycles. The molecule has 0 aromatic carbocycles. The smallest absolute Gasteiger partial charge is 0.347 e. The first kappa shape index (κ1) is 20.3. The Kier molecular flexibility index (Phi) is 7.57. The predicted octanol–water partition coefficient (Wildman–Crippen LogP) is 2.93. The van der Waals surface area contributed by atoms with Gasteiger partial charge in [0.25, 0.3) is 0 Å². The molecule has 1 aliphatic heterocycles. The van der Waals surface area contributed by atoms with Crippen molar-refractivity contribution >= 4 is 28.3 Å². The number of pyridine rings is 1. The summed E-state index contributed by atoms with van der Waals surface area (Å²) >= 11 is 6.04. The summed E-state index contributed by atoms with van der Waals surface area (Å²) in [5.74, 6) is 1.03. The van der Waals surface area contributed by atoms with Crippen LogP contribution in [-0.2, 0) is 4.74 Å². The van der Waals surface area contributed by atoms with Gasteiger partial charge in [0.05, 0.1) is 24.1 Å². The lowest BCUT2D eigenvalue weighted by atomic mass is 10.1. The van der Waals surface area contributed by atoms with Gasteiger partial charge >= 0.3 is 5.69 Å². The Balaban J connectivity index is 0.000000925. The van der Waals surface area contributed by atoms with E-state index in [2.05, 4.69) is 26.8 Å². The topological polar surface area (TPSA) is 71.1 Å². The summed E-state index contributed by atoms with van der Waals surface area (Å²) in [6.45, 7) is 10.8. The molecule has 134 valence electrons. The molecule has 1 atom stereocenters. The van der Waals surface area contributed by atoms with Crippen LogP contribution in [0.25, 0.3) is 10.9 Å². The lowest BCUT2D eigenvalue weighted by Gasteiger charge is -2.24. The molecule has 0 amide bonds. The van der Waals surface area contributed by atoms with E-state index < -0.39 is 0 Å². The maximum atomic E-state index is 11.9. The molecular formula is C16H24ClFN4O2. The van der Waals surface area contributed by atoms with Gasteiger partial charge in [0.15, 0.2) is 0 Å². The predicted molar refractivity (Wildman–Crippen MR) is 96.0 cm³/mol. The number of aromatic nitrogens is 3. The summed E-state index contributed by atoms with van der Waals surface area (Å²) in [4.78, 5) is 25.1. The van der Waals surface area contributed by atoms with Gasteiger partial charge in [-0.1, -0.05) is 32.4 Å². The van der Waals surface area contributed by atoms with Gasteiger partial charge in [-0.3, -0.25) is 4.70 Å². The highest BCUT2D eigenvalue weighted by atomic mass is 35.5. The Bertz CT molecular complexity index is 738. The van der Waals surface area contributed by atoms with Crippen molar-refractivity contribution in [2.75, 3.05) is 31.2 Å². The highest BCUT2D eigenvalue weighted by molar-refractivity contribution is 6.31. The van der Waals surface area contributed by atoms with Crippen molar-refractivity contribution in [3.63, 3.8) is 0 Å². The molecule has 0 spiro atoms. The average molecular weight is 359 g/mol. The lowest BCUT2D eigenvalue weighted by Crippen LogP contribution is -2.32. The van der Waals surface area contributed by atoms with Gasteiger partial charge in [-0.25, -0.2) is 9.78 Å². The minimum Gasteiger partial charge on any atom is -0.379 e. The van der Waals surface area contributed by atoms with Crippen LogP contribution in [-0.4, -0.2) is 41.3 Å². The molecule has 6 nitrogen and oxygen atoms in total. The second kappa shape index (κ2) is 8.94. The van der Waals surface area contributed by atoms with Gasteiger partial charge in [0.2, 0.25) is 0 Å².